The van der Waals surface area contributed by atoms with Crippen molar-refractivity contribution in [2.75, 3.05) is 32.8 Å². The van der Waals surface area contributed by atoms with Crippen LogP contribution in [0.1, 0.15) is 43.7 Å². The fourth-order valence-corrected chi connectivity index (χ4v) is 3.70. The van der Waals surface area contributed by atoms with Crippen LogP contribution in [0.5, 0.6) is 0 Å². The second kappa shape index (κ2) is 8.02. The van der Waals surface area contributed by atoms with E-state index in [1.54, 1.807) is 0 Å². The highest BCUT2D eigenvalue weighted by molar-refractivity contribution is 5.81. The fourth-order valence-electron chi connectivity index (χ4n) is 3.70. The Balaban J connectivity index is 1.57. The molecule has 2 aliphatic rings. The molecule has 1 aromatic rings. The number of likely N-dealkylation sites (tertiary alicyclic amines) is 1. The van der Waals surface area contributed by atoms with Gasteiger partial charge in [0.1, 0.15) is 0 Å². The molecule has 132 valence electrons. The van der Waals surface area contributed by atoms with Crippen molar-refractivity contribution in [1.29, 1.82) is 0 Å². The van der Waals surface area contributed by atoms with E-state index in [9.17, 15) is 0 Å². The zero-order valence-electron chi connectivity index (χ0n) is 15.3. The minimum atomic E-state index is 0.530. The van der Waals surface area contributed by atoms with E-state index in [1.165, 1.54) is 24.0 Å². The molecule has 3 atom stereocenters. The van der Waals surface area contributed by atoms with E-state index in [1.807, 2.05) is 0 Å². The lowest BCUT2D eigenvalue weighted by atomic mass is 10.0. The lowest BCUT2D eigenvalue weighted by Crippen LogP contribution is -2.42. The van der Waals surface area contributed by atoms with Crippen LogP contribution in [0.25, 0.3) is 0 Å². The lowest BCUT2D eigenvalue weighted by molar-refractivity contribution is 0.114. The predicted octanol–water partition coefficient (Wildman–Crippen LogP) is 3.17. The van der Waals surface area contributed by atoms with Crippen molar-refractivity contribution < 1.29 is 4.74 Å². The van der Waals surface area contributed by atoms with Crippen molar-refractivity contribution >= 4 is 5.96 Å². The highest BCUT2D eigenvalue weighted by atomic mass is 16.5. The van der Waals surface area contributed by atoms with Crippen LogP contribution in [0.4, 0.5) is 0 Å². The van der Waals surface area contributed by atoms with E-state index in [-0.39, 0.29) is 0 Å². The Hall–Kier alpha value is -1.55. The van der Waals surface area contributed by atoms with Crippen molar-refractivity contribution in [3.63, 3.8) is 0 Å². The molecule has 1 aromatic carbocycles. The van der Waals surface area contributed by atoms with Crippen molar-refractivity contribution in [3.8, 4) is 0 Å². The van der Waals surface area contributed by atoms with Crippen LogP contribution in [0, 0.1) is 12.8 Å². The standard InChI is InChI=1S/C20H31N3O/c1-4-21-20(23-11-10-16(13-23)14-24-5-2)22-19-12-18(19)17-9-7-6-8-15(17)3/h6-9,16,18-19H,4-5,10-14H2,1-3H3,(H,21,22). The Morgan fingerprint density at radius 1 is 1.33 bits per heavy atom. The molecule has 1 aliphatic heterocycles. The summed E-state index contributed by atoms with van der Waals surface area (Å²) < 4.78 is 5.60. The van der Waals surface area contributed by atoms with Gasteiger partial charge in [-0.1, -0.05) is 24.3 Å². The van der Waals surface area contributed by atoms with Gasteiger partial charge in [0, 0.05) is 44.1 Å². The van der Waals surface area contributed by atoms with Gasteiger partial charge < -0.3 is 15.0 Å². The van der Waals surface area contributed by atoms with Gasteiger partial charge in [0.15, 0.2) is 5.96 Å². The number of aliphatic imine (C=N–C) groups is 1. The number of nitrogens with one attached hydrogen (secondary N) is 1. The Morgan fingerprint density at radius 2 is 2.17 bits per heavy atom. The molecular weight excluding hydrogens is 298 g/mol. The first-order valence-corrected chi connectivity index (χ1v) is 9.42. The molecule has 0 aromatic heterocycles. The van der Waals surface area contributed by atoms with E-state index in [2.05, 4.69) is 55.3 Å². The van der Waals surface area contributed by atoms with Crippen LogP contribution in [0.3, 0.4) is 0 Å². The second-order valence-corrected chi connectivity index (χ2v) is 7.01. The minimum absolute atomic E-state index is 0.530. The van der Waals surface area contributed by atoms with Crippen LogP contribution in [-0.2, 0) is 4.74 Å². The van der Waals surface area contributed by atoms with E-state index in [4.69, 9.17) is 9.73 Å². The summed E-state index contributed by atoms with van der Waals surface area (Å²) in [6, 6.07) is 9.28. The first-order valence-electron chi connectivity index (χ1n) is 9.42. The molecule has 1 saturated carbocycles. The molecule has 1 N–H and O–H groups in total. The van der Waals surface area contributed by atoms with E-state index < -0.39 is 0 Å². The normalized spacial score (nSPS) is 26.7. The van der Waals surface area contributed by atoms with E-state index in [0.29, 0.717) is 17.9 Å². The maximum absolute atomic E-state index is 5.60. The first kappa shape index (κ1) is 17.3. The molecule has 0 spiro atoms. The molecule has 0 amide bonds. The van der Waals surface area contributed by atoms with Crippen LogP contribution in [0.2, 0.25) is 0 Å². The predicted molar refractivity (Wildman–Crippen MR) is 99.6 cm³/mol. The Bertz CT molecular complexity index is 572. The number of hydrogen-bond acceptors (Lipinski definition) is 2. The van der Waals surface area contributed by atoms with Crippen LogP contribution < -0.4 is 5.32 Å². The molecule has 0 bridgehead atoms. The molecule has 1 aliphatic carbocycles. The smallest absolute Gasteiger partial charge is 0.194 e. The van der Waals surface area contributed by atoms with E-state index >= 15 is 0 Å². The summed E-state index contributed by atoms with van der Waals surface area (Å²) >= 11 is 0. The average Bonchev–Trinajstić information content (AvgIpc) is 3.18. The monoisotopic (exact) mass is 329 g/mol. The summed E-state index contributed by atoms with van der Waals surface area (Å²) in [5.41, 5.74) is 2.89. The van der Waals surface area contributed by atoms with Crippen LogP contribution in [0.15, 0.2) is 29.3 Å². The molecule has 3 rings (SSSR count). The lowest BCUT2D eigenvalue weighted by Gasteiger charge is -2.22. The third-order valence-corrected chi connectivity index (χ3v) is 5.14. The van der Waals surface area contributed by atoms with Crippen molar-refractivity contribution in [2.24, 2.45) is 10.9 Å². The third kappa shape index (κ3) is 4.10. The SMILES string of the molecule is CCN=C(NC1CC1c1ccccc1C)N1CCC(COCC)C1. The molecule has 3 unspecified atom stereocenters. The summed E-state index contributed by atoms with van der Waals surface area (Å²) in [4.78, 5) is 7.16. The van der Waals surface area contributed by atoms with Gasteiger partial charge in [-0.15, -0.1) is 0 Å². The summed E-state index contributed by atoms with van der Waals surface area (Å²) in [7, 11) is 0. The molecule has 0 radical (unpaired) electrons. The van der Waals surface area contributed by atoms with Gasteiger partial charge in [-0.2, -0.15) is 0 Å². The summed E-state index contributed by atoms with van der Waals surface area (Å²) in [6.07, 6.45) is 2.42. The summed E-state index contributed by atoms with van der Waals surface area (Å²) in [5, 5.41) is 3.72. The summed E-state index contributed by atoms with van der Waals surface area (Å²) in [5.74, 6) is 2.37. The molecule has 1 saturated heterocycles. The first-order chi connectivity index (χ1) is 11.7. The number of nitrogens with zero attached hydrogens (tertiary/aromatic N) is 2. The van der Waals surface area contributed by atoms with Crippen molar-refractivity contribution in [1.82, 2.24) is 10.2 Å². The zero-order chi connectivity index (χ0) is 16.9. The second-order valence-electron chi connectivity index (χ2n) is 7.01. The number of rotatable bonds is 6. The number of aryl methyl sites for hydroxylation is 1. The van der Waals surface area contributed by atoms with Crippen molar-refractivity contribution in [2.45, 2.75) is 45.6 Å². The molecule has 1 heterocycles. The maximum atomic E-state index is 5.60. The van der Waals surface area contributed by atoms with Gasteiger partial charge in [-0.05, 0) is 44.7 Å². The van der Waals surface area contributed by atoms with Gasteiger partial charge in [-0.3, -0.25) is 4.99 Å². The Morgan fingerprint density at radius 3 is 2.92 bits per heavy atom. The highest BCUT2D eigenvalue weighted by Crippen LogP contribution is 2.42. The number of hydrogen-bond donors (Lipinski definition) is 1. The number of ether oxygens (including phenoxy) is 1. The van der Waals surface area contributed by atoms with Crippen LogP contribution in [-0.4, -0.2) is 49.7 Å². The largest absolute Gasteiger partial charge is 0.381 e. The Kier molecular flexibility index (Phi) is 5.77. The van der Waals surface area contributed by atoms with Gasteiger partial charge in [0.05, 0.1) is 6.61 Å². The van der Waals surface area contributed by atoms with Crippen molar-refractivity contribution in [3.05, 3.63) is 35.4 Å². The highest BCUT2D eigenvalue weighted by Gasteiger charge is 2.40. The third-order valence-electron chi connectivity index (χ3n) is 5.14. The summed E-state index contributed by atoms with van der Waals surface area (Å²) in [6.45, 7) is 11.1. The minimum Gasteiger partial charge on any atom is -0.381 e. The number of benzene rings is 1. The van der Waals surface area contributed by atoms with E-state index in [0.717, 1.165) is 38.8 Å². The van der Waals surface area contributed by atoms with Gasteiger partial charge in [0.2, 0.25) is 0 Å². The topological polar surface area (TPSA) is 36.9 Å². The van der Waals surface area contributed by atoms with Gasteiger partial charge in [-0.25, -0.2) is 0 Å². The molecule has 24 heavy (non-hydrogen) atoms. The zero-order valence-corrected chi connectivity index (χ0v) is 15.3. The van der Waals surface area contributed by atoms with Gasteiger partial charge in [0.25, 0.3) is 0 Å². The average molecular weight is 329 g/mol. The van der Waals surface area contributed by atoms with Crippen LogP contribution >= 0.6 is 0 Å². The molecule has 4 nitrogen and oxygen atoms in total. The molecule has 2 fully saturated rings. The molecule has 4 heteroatoms. The fraction of sp³-hybridized carbons (Fsp3) is 0.650. The van der Waals surface area contributed by atoms with Gasteiger partial charge >= 0.3 is 0 Å². The maximum Gasteiger partial charge on any atom is 0.194 e. The Labute approximate surface area is 146 Å². The number of guanidine groups is 1. The quantitative estimate of drug-likeness (QED) is 0.643. The molecular formula is C20H31N3O.